The van der Waals surface area contributed by atoms with E-state index >= 15 is 0 Å². The summed E-state index contributed by atoms with van der Waals surface area (Å²) in [5.74, 6) is 0.897. The number of guanidine groups is 1. The van der Waals surface area contributed by atoms with Crippen LogP contribution < -0.4 is 5.32 Å². The zero-order valence-corrected chi connectivity index (χ0v) is 18.8. The number of hydrogen-bond acceptors (Lipinski definition) is 4. The first-order valence-corrected chi connectivity index (χ1v) is 11.2. The number of benzene rings is 1. The van der Waals surface area contributed by atoms with E-state index in [1.165, 1.54) is 5.56 Å². The average Bonchev–Trinajstić information content (AvgIpc) is 2.77. The first-order valence-electron chi connectivity index (χ1n) is 10.9. The van der Waals surface area contributed by atoms with Gasteiger partial charge in [-0.2, -0.15) is 0 Å². The molecule has 2 heterocycles. The lowest BCUT2D eigenvalue weighted by molar-refractivity contribution is 0.0529. The van der Waals surface area contributed by atoms with E-state index in [0.717, 1.165) is 56.7 Å². The number of rotatable bonds is 5. The van der Waals surface area contributed by atoms with E-state index in [9.17, 15) is 4.79 Å². The fraction of sp³-hybridized carbons (Fsp3) is 0.636. The number of aliphatic imine (C=N–C) groups is 1. The van der Waals surface area contributed by atoms with Crippen molar-refractivity contribution in [1.82, 2.24) is 15.1 Å². The Bertz CT molecular complexity index is 729. The summed E-state index contributed by atoms with van der Waals surface area (Å²) in [5, 5.41) is 4.18. The highest BCUT2D eigenvalue weighted by atomic mass is 35.5. The van der Waals surface area contributed by atoms with Crippen LogP contribution in [0.3, 0.4) is 0 Å². The van der Waals surface area contributed by atoms with Crippen molar-refractivity contribution >= 4 is 23.7 Å². The van der Waals surface area contributed by atoms with Gasteiger partial charge in [0.25, 0.3) is 0 Å². The van der Waals surface area contributed by atoms with Crippen molar-refractivity contribution in [3.63, 3.8) is 0 Å². The van der Waals surface area contributed by atoms with Gasteiger partial charge in [-0.3, -0.25) is 4.99 Å². The molecule has 2 fully saturated rings. The number of carbonyl (C=O) groups excluding carboxylic acids is 1. The third-order valence-corrected chi connectivity index (χ3v) is 6.09. The molecule has 1 N–H and O–H groups in total. The second-order valence-corrected chi connectivity index (χ2v) is 8.18. The van der Waals surface area contributed by atoms with Crippen LogP contribution in [-0.4, -0.2) is 80.9 Å². The molecule has 8 heteroatoms. The van der Waals surface area contributed by atoms with Crippen molar-refractivity contribution in [1.29, 1.82) is 0 Å². The fourth-order valence-corrected chi connectivity index (χ4v) is 4.28. The topological polar surface area (TPSA) is 66.4 Å². The first-order chi connectivity index (χ1) is 14.6. The van der Waals surface area contributed by atoms with Crippen molar-refractivity contribution < 1.29 is 14.3 Å². The molecule has 2 saturated heterocycles. The largest absolute Gasteiger partial charge is 0.450 e. The molecule has 1 amide bonds. The number of carbonyl (C=O) groups is 1. The minimum Gasteiger partial charge on any atom is -0.450 e. The fourth-order valence-electron chi connectivity index (χ4n) is 4.09. The van der Waals surface area contributed by atoms with Gasteiger partial charge in [-0.15, -0.1) is 0 Å². The highest BCUT2D eigenvalue weighted by molar-refractivity contribution is 6.30. The Morgan fingerprint density at radius 1 is 1.20 bits per heavy atom. The molecule has 0 bridgehead atoms. The molecule has 166 valence electrons. The number of nitrogens with zero attached hydrogens (tertiary/aromatic N) is 3. The Hall–Kier alpha value is -1.99. The summed E-state index contributed by atoms with van der Waals surface area (Å²) in [5.41, 5.74) is 1.15. The highest BCUT2D eigenvalue weighted by Crippen LogP contribution is 2.36. The molecule has 0 unspecified atom stereocenters. The molecule has 0 saturated carbocycles. The molecule has 2 aliphatic rings. The number of halogens is 1. The van der Waals surface area contributed by atoms with Crippen LogP contribution in [-0.2, 0) is 14.9 Å². The van der Waals surface area contributed by atoms with Crippen LogP contribution in [0.15, 0.2) is 29.3 Å². The van der Waals surface area contributed by atoms with E-state index in [1.807, 2.05) is 19.1 Å². The Labute approximate surface area is 184 Å². The van der Waals surface area contributed by atoms with Crippen LogP contribution in [0.1, 0.15) is 32.3 Å². The summed E-state index contributed by atoms with van der Waals surface area (Å²) >= 11 is 6.29. The van der Waals surface area contributed by atoms with Gasteiger partial charge in [0.1, 0.15) is 0 Å². The van der Waals surface area contributed by atoms with Crippen LogP contribution in [0.25, 0.3) is 0 Å². The van der Waals surface area contributed by atoms with E-state index in [0.29, 0.717) is 26.2 Å². The maximum absolute atomic E-state index is 12.0. The summed E-state index contributed by atoms with van der Waals surface area (Å²) in [6, 6.07) is 8.14. The van der Waals surface area contributed by atoms with E-state index in [2.05, 4.69) is 29.3 Å². The van der Waals surface area contributed by atoms with Gasteiger partial charge >= 0.3 is 6.09 Å². The van der Waals surface area contributed by atoms with E-state index in [-0.39, 0.29) is 11.5 Å². The van der Waals surface area contributed by atoms with Crippen molar-refractivity contribution in [3.05, 3.63) is 34.9 Å². The van der Waals surface area contributed by atoms with Crippen molar-refractivity contribution in [2.24, 2.45) is 4.99 Å². The van der Waals surface area contributed by atoms with Crippen LogP contribution in [0.2, 0.25) is 5.02 Å². The smallest absolute Gasteiger partial charge is 0.409 e. The van der Waals surface area contributed by atoms with Crippen LogP contribution >= 0.6 is 11.6 Å². The number of nitrogens with one attached hydrogen (secondary N) is 1. The number of hydrogen-bond donors (Lipinski definition) is 1. The molecule has 1 aromatic rings. The van der Waals surface area contributed by atoms with Crippen molar-refractivity contribution in [2.75, 3.05) is 59.1 Å². The number of amides is 1. The maximum atomic E-state index is 12.0. The maximum Gasteiger partial charge on any atom is 0.409 e. The summed E-state index contributed by atoms with van der Waals surface area (Å²) in [4.78, 5) is 21.0. The number of ether oxygens (including phenoxy) is 2. The molecular weight excluding hydrogens is 404 g/mol. The average molecular weight is 437 g/mol. The molecule has 0 radical (unpaired) electrons. The summed E-state index contributed by atoms with van der Waals surface area (Å²) < 4.78 is 10.8. The predicted molar refractivity (Wildman–Crippen MR) is 119 cm³/mol. The van der Waals surface area contributed by atoms with Crippen molar-refractivity contribution in [2.45, 2.75) is 32.1 Å². The number of piperazine rings is 1. The molecular formula is C22H33ClN4O3. The standard InChI is InChI=1S/C22H33ClN4O3/c1-3-24-20(26-10-12-27(13-11-26)21(28)30-4-2)25-17-22(8-14-29-15-9-22)18-6-5-7-19(23)16-18/h5-7,16H,3-4,8-15,17H2,1-2H3,(H,24,25). The summed E-state index contributed by atoms with van der Waals surface area (Å²) in [6.45, 7) is 9.98. The Balaban J connectivity index is 1.73. The lowest BCUT2D eigenvalue weighted by Gasteiger charge is -2.38. The van der Waals surface area contributed by atoms with Gasteiger partial charge in [0.15, 0.2) is 5.96 Å². The van der Waals surface area contributed by atoms with Crippen LogP contribution in [0.4, 0.5) is 4.79 Å². The van der Waals surface area contributed by atoms with Gasteiger partial charge in [-0.05, 0) is 44.4 Å². The van der Waals surface area contributed by atoms with Gasteiger partial charge in [0.2, 0.25) is 0 Å². The summed E-state index contributed by atoms with van der Waals surface area (Å²) in [6.07, 6.45) is 1.61. The highest BCUT2D eigenvalue weighted by Gasteiger charge is 2.35. The Morgan fingerprint density at radius 3 is 2.53 bits per heavy atom. The molecule has 0 atom stereocenters. The van der Waals surface area contributed by atoms with Crippen molar-refractivity contribution in [3.8, 4) is 0 Å². The predicted octanol–water partition coefficient (Wildman–Crippen LogP) is 3.13. The SMILES string of the molecule is CCNC(=NCC1(c2cccc(Cl)c2)CCOCC1)N1CCN(C(=O)OCC)CC1. The zero-order valence-electron chi connectivity index (χ0n) is 18.0. The quantitative estimate of drug-likeness (QED) is 0.567. The van der Waals surface area contributed by atoms with Gasteiger partial charge in [-0.1, -0.05) is 23.7 Å². The molecule has 7 nitrogen and oxygen atoms in total. The molecule has 30 heavy (non-hydrogen) atoms. The Morgan fingerprint density at radius 2 is 1.90 bits per heavy atom. The molecule has 1 aromatic carbocycles. The molecule has 0 spiro atoms. The first kappa shape index (κ1) is 22.7. The van der Waals surface area contributed by atoms with E-state index < -0.39 is 0 Å². The normalized spacial score (nSPS) is 19.5. The van der Waals surface area contributed by atoms with Crippen LogP contribution in [0.5, 0.6) is 0 Å². The van der Waals surface area contributed by atoms with E-state index in [4.69, 9.17) is 26.1 Å². The second kappa shape index (κ2) is 10.9. The third-order valence-electron chi connectivity index (χ3n) is 5.86. The van der Waals surface area contributed by atoms with E-state index in [1.54, 1.807) is 4.90 Å². The monoisotopic (exact) mass is 436 g/mol. The van der Waals surface area contributed by atoms with Crippen LogP contribution in [0, 0.1) is 0 Å². The van der Waals surface area contributed by atoms with Gasteiger partial charge in [-0.25, -0.2) is 4.79 Å². The molecule has 0 aliphatic carbocycles. The zero-order chi connectivity index (χ0) is 21.4. The van der Waals surface area contributed by atoms with Gasteiger partial charge < -0.3 is 24.6 Å². The van der Waals surface area contributed by atoms with Gasteiger partial charge in [0.05, 0.1) is 13.2 Å². The third kappa shape index (κ3) is 5.58. The lowest BCUT2D eigenvalue weighted by Crippen LogP contribution is -2.54. The second-order valence-electron chi connectivity index (χ2n) is 7.75. The summed E-state index contributed by atoms with van der Waals surface area (Å²) in [7, 11) is 0. The van der Waals surface area contributed by atoms with Gasteiger partial charge in [0, 0.05) is 56.4 Å². The Kier molecular flexibility index (Phi) is 8.22. The molecule has 2 aliphatic heterocycles. The minimum atomic E-state index is -0.235. The molecule has 0 aromatic heterocycles. The molecule has 3 rings (SSSR count). The minimum absolute atomic E-state index is 0.0728. The lowest BCUT2D eigenvalue weighted by atomic mass is 9.74.